The smallest absolute Gasteiger partial charge is 0.326 e. The summed E-state index contributed by atoms with van der Waals surface area (Å²) < 4.78 is 115. The maximum Gasteiger partial charge on any atom is 0.416 e. The van der Waals surface area contributed by atoms with E-state index >= 15 is 0 Å². The van der Waals surface area contributed by atoms with Gasteiger partial charge in [-0.15, -0.1) is 0 Å². The van der Waals surface area contributed by atoms with E-state index in [-0.39, 0.29) is 23.0 Å². The SMILES string of the molecule is FC(F)(F)c1cc(Nc2nc3ccc(C(F)(F)F)cc3[nH]2)cc(C(F)(F)F)c1. The molecule has 1 aromatic heterocycles. The van der Waals surface area contributed by atoms with Gasteiger partial charge >= 0.3 is 18.5 Å². The zero-order valence-electron chi connectivity index (χ0n) is 13.3. The van der Waals surface area contributed by atoms with E-state index in [1.807, 2.05) is 0 Å². The lowest BCUT2D eigenvalue weighted by atomic mass is 10.1. The lowest BCUT2D eigenvalue weighted by Gasteiger charge is -2.14. The van der Waals surface area contributed by atoms with E-state index in [9.17, 15) is 39.5 Å². The number of rotatable bonds is 2. The number of hydrogen-bond donors (Lipinski definition) is 2. The first-order chi connectivity index (χ1) is 12.7. The Bertz CT molecular complexity index is 981. The number of alkyl halides is 9. The third kappa shape index (κ3) is 4.15. The Labute approximate surface area is 150 Å². The predicted molar refractivity (Wildman–Crippen MR) is 80.8 cm³/mol. The highest BCUT2D eigenvalue weighted by atomic mass is 19.4. The number of halogens is 9. The molecule has 0 spiro atoms. The van der Waals surface area contributed by atoms with Crippen molar-refractivity contribution in [3.05, 3.63) is 53.1 Å². The summed E-state index contributed by atoms with van der Waals surface area (Å²) in [4.78, 5) is 6.21. The van der Waals surface area contributed by atoms with E-state index in [2.05, 4.69) is 15.3 Å². The Balaban J connectivity index is 2.01. The molecule has 0 aliphatic heterocycles. The van der Waals surface area contributed by atoms with Crippen molar-refractivity contribution in [3.8, 4) is 0 Å². The topological polar surface area (TPSA) is 40.7 Å². The fraction of sp³-hybridized carbons (Fsp3) is 0.188. The summed E-state index contributed by atoms with van der Waals surface area (Å²) in [5, 5.41) is 2.23. The van der Waals surface area contributed by atoms with Gasteiger partial charge in [0.15, 0.2) is 0 Å². The highest BCUT2D eigenvalue weighted by Crippen LogP contribution is 2.38. The monoisotopic (exact) mass is 413 g/mol. The van der Waals surface area contributed by atoms with Crippen molar-refractivity contribution in [2.45, 2.75) is 18.5 Å². The molecule has 0 radical (unpaired) electrons. The normalized spacial score (nSPS) is 13.2. The van der Waals surface area contributed by atoms with Crippen LogP contribution in [0, 0.1) is 0 Å². The van der Waals surface area contributed by atoms with Crippen LogP contribution in [0.2, 0.25) is 0 Å². The summed E-state index contributed by atoms with van der Waals surface area (Å²) in [7, 11) is 0. The van der Waals surface area contributed by atoms with Crippen molar-refractivity contribution < 1.29 is 39.5 Å². The summed E-state index contributed by atoms with van der Waals surface area (Å²) >= 11 is 0. The highest BCUT2D eigenvalue weighted by Gasteiger charge is 2.37. The molecule has 3 nitrogen and oxygen atoms in total. The van der Waals surface area contributed by atoms with Gasteiger partial charge in [0.25, 0.3) is 0 Å². The zero-order valence-corrected chi connectivity index (χ0v) is 13.3. The van der Waals surface area contributed by atoms with Crippen molar-refractivity contribution in [1.82, 2.24) is 9.97 Å². The number of aromatic nitrogens is 2. The van der Waals surface area contributed by atoms with E-state index in [0.29, 0.717) is 12.1 Å². The molecule has 150 valence electrons. The Kier molecular flexibility index (Phi) is 4.47. The number of fused-ring (bicyclic) bond motifs is 1. The molecule has 3 aromatic rings. The maximum atomic E-state index is 12.9. The minimum absolute atomic E-state index is 0.0403. The van der Waals surface area contributed by atoms with E-state index in [1.54, 1.807) is 0 Å². The van der Waals surface area contributed by atoms with Gasteiger partial charge in [0.2, 0.25) is 5.95 Å². The second-order valence-electron chi connectivity index (χ2n) is 5.73. The molecular formula is C16H8F9N3. The molecular weight excluding hydrogens is 405 g/mol. The summed E-state index contributed by atoms with van der Waals surface area (Å²) in [6, 6.07) is 3.32. The third-order valence-electron chi connectivity index (χ3n) is 3.66. The average Bonchev–Trinajstić information content (AvgIpc) is 2.93. The van der Waals surface area contributed by atoms with Gasteiger partial charge in [0.05, 0.1) is 27.7 Å². The molecule has 0 amide bonds. The van der Waals surface area contributed by atoms with Crippen molar-refractivity contribution in [1.29, 1.82) is 0 Å². The minimum Gasteiger partial charge on any atom is -0.326 e. The van der Waals surface area contributed by atoms with Crippen LogP contribution >= 0.6 is 0 Å². The largest absolute Gasteiger partial charge is 0.416 e. The number of nitrogens with zero attached hydrogens (tertiary/aromatic N) is 1. The van der Waals surface area contributed by atoms with Crippen LogP contribution in [-0.2, 0) is 18.5 Å². The summed E-state index contributed by atoms with van der Waals surface area (Å²) in [6.07, 6.45) is -14.7. The quantitative estimate of drug-likeness (QED) is 0.480. The zero-order chi connectivity index (χ0) is 20.9. The maximum absolute atomic E-state index is 12.9. The minimum atomic E-state index is -5.03. The molecule has 0 atom stereocenters. The van der Waals surface area contributed by atoms with Crippen molar-refractivity contribution in [3.63, 3.8) is 0 Å². The van der Waals surface area contributed by atoms with Crippen LogP contribution in [0.4, 0.5) is 51.1 Å². The number of anilines is 2. The van der Waals surface area contributed by atoms with Crippen LogP contribution in [0.1, 0.15) is 16.7 Å². The molecule has 1 heterocycles. The molecule has 0 fully saturated rings. The Morgan fingerprint density at radius 1 is 0.679 bits per heavy atom. The van der Waals surface area contributed by atoms with Crippen molar-refractivity contribution in [2.75, 3.05) is 5.32 Å². The van der Waals surface area contributed by atoms with Gasteiger partial charge in [-0.25, -0.2) is 4.98 Å². The third-order valence-corrected chi connectivity index (χ3v) is 3.66. The van der Waals surface area contributed by atoms with E-state index in [1.165, 1.54) is 0 Å². The Morgan fingerprint density at radius 3 is 1.71 bits per heavy atom. The molecule has 0 aliphatic carbocycles. The van der Waals surface area contributed by atoms with E-state index in [0.717, 1.165) is 18.2 Å². The number of hydrogen-bond acceptors (Lipinski definition) is 2. The van der Waals surface area contributed by atoms with Gasteiger partial charge in [-0.3, -0.25) is 0 Å². The number of benzene rings is 2. The van der Waals surface area contributed by atoms with Crippen LogP contribution in [0.5, 0.6) is 0 Å². The average molecular weight is 413 g/mol. The lowest BCUT2D eigenvalue weighted by Crippen LogP contribution is -2.11. The summed E-state index contributed by atoms with van der Waals surface area (Å²) in [6.45, 7) is 0. The number of imidazole rings is 1. The van der Waals surface area contributed by atoms with Crippen LogP contribution in [0.3, 0.4) is 0 Å². The predicted octanol–water partition coefficient (Wildman–Crippen LogP) is 6.36. The van der Waals surface area contributed by atoms with Crippen LogP contribution < -0.4 is 5.32 Å². The fourth-order valence-electron chi connectivity index (χ4n) is 2.41. The molecule has 0 saturated carbocycles. The van der Waals surface area contributed by atoms with E-state index < -0.39 is 40.9 Å². The number of aromatic amines is 1. The first kappa shape index (κ1) is 19.8. The van der Waals surface area contributed by atoms with Gasteiger partial charge < -0.3 is 10.3 Å². The second kappa shape index (κ2) is 6.31. The van der Waals surface area contributed by atoms with Crippen LogP contribution in [-0.4, -0.2) is 9.97 Å². The van der Waals surface area contributed by atoms with Gasteiger partial charge in [-0.2, -0.15) is 39.5 Å². The van der Waals surface area contributed by atoms with Gasteiger partial charge in [-0.1, -0.05) is 0 Å². The Morgan fingerprint density at radius 2 is 1.21 bits per heavy atom. The van der Waals surface area contributed by atoms with Crippen LogP contribution in [0.25, 0.3) is 11.0 Å². The molecule has 12 heteroatoms. The first-order valence-electron chi connectivity index (χ1n) is 7.37. The lowest BCUT2D eigenvalue weighted by molar-refractivity contribution is -0.143. The molecule has 2 N–H and O–H groups in total. The fourth-order valence-corrected chi connectivity index (χ4v) is 2.41. The molecule has 0 saturated heterocycles. The number of nitrogens with one attached hydrogen (secondary N) is 2. The van der Waals surface area contributed by atoms with Gasteiger partial charge in [-0.05, 0) is 36.4 Å². The van der Waals surface area contributed by atoms with E-state index in [4.69, 9.17) is 0 Å². The van der Waals surface area contributed by atoms with Gasteiger partial charge in [0.1, 0.15) is 0 Å². The molecule has 0 bridgehead atoms. The second-order valence-corrected chi connectivity index (χ2v) is 5.73. The van der Waals surface area contributed by atoms with Crippen LogP contribution in [0.15, 0.2) is 36.4 Å². The van der Waals surface area contributed by atoms with Gasteiger partial charge in [0, 0.05) is 5.69 Å². The highest BCUT2D eigenvalue weighted by molar-refractivity contribution is 5.79. The summed E-state index contributed by atoms with van der Waals surface area (Å²) in [5.41, 5.74) is -4.72. The molecule has 2 aromatic carbocycles. The molecule has 0 aliphatic rings. The van der Waals surface area contributed by atoms with Crippen molar-refractivity contribution >= 4 is 22.7 Å². The Hall–Kier alpha value is -2.92. The van der Waals surface area contributed by atoms with Crippen molar-refractivity contribution in [2.24, 2.45) is 0 Å². The standard InChI is InChI=1S/C16H8F9N3/c17-14(18,19)7-1-2-11-12(6-7)28-13(27-11)26-10-4-8(15(20,21)22)3-9(5-10)16(23,24)25/h1-6H,(H2,26,27,28). The molecule has 3 rings (SSSR count). The molecule has 28 heavy (non-hydrogen) atoms. The summed E-state index contributed by atoms with van der Waals surface area (Å²) in [5.74, 6) is -0.318. The first-order valence-corrected chi connectivity index (χ1v) is 7.37. The molecule has 0 unspecified atom stereocenters. The number of H-pyrrole nitrogens is 1.